The molecule has 27 heavy (non-hydrogen) atoms. The lowest BCUT2D eigenvalue weighted by atomic mass is 9.88. The minimum absolute atomic E-state index is 0.167. The van der Waals surface area contributed by atoms with Crippen LogP contribution >= 0.6 is 0 Å². The maximum atomic E-state index is 5.58. The largest absolute Gasteiger partial charge is 0.381 e. The van der Waals surface area contributed by atoms with Gasteiger partial charge in [0.1, 0.15) is 0 Å². The Morgan fingerprint density at radius 1 is 1.07 bits per heavy atom. The van der Waals surface area contributed by atoms with E-state index in [1.54, 1.807) is 0 Å². The van der Waals surface area contributed by atoms with E-state index in [1.165, 1.54) is 58.0 Å². The second kappa shape index (κ2) is 10.1. The first-order valence-electron chi connectivity index (χ1n) is 11.1. The number of piperidine rings is 1. The van der Waals surface area contributed by atoms with E-state index in [0.717, 1.165) is 44.6 Å². The Morgan fingerprint density at radius 2 is 1.74 bits per heavy atom. The molecule has 0 aromatic carbocycles. The highest BCUT2D eigenvalue weighted by Gasteiger charge is 2.35. The van der Waals surface area contributed by atoms with Crippen molar-refractivity contribution in [3.8, 4) is 0 Å². The third-order valence-electron chi connectivity index (χ3n) is 7.14. The van der Waals surface area contributed by atoms with Gasteiger partial charge in [-0.1, -0.05) is 19.3 Å². The normalized spacial score (nSPS) is 26.3. The maximum absolute atomic E-state index is 5.58. The lowest BCUT2D eigenvalue weighted by Gasteiger charge is -2.43. The van der Waals surface area contributed by atoms with Crippen LogP contribution in [0.2, 0.25) is 0 Å². The summed E-state index contributed by atoms with van der Waals surface area (Å²) in [6, 6.07) is 1.40. The summed E-state index contributed by atoms with van der Waals surface area (Å²) in [5, 5.41) is 7.30. The predicted molar refractivity (Wildman–Crippen MR) is 112 cm³/mol. The van der Waals surface area contributed by atoms with Gasteiger partial charge in [-0.2, -0.15) is 0 Å². The molecule has 156 valence electrons. The summed E-state index contributed by atoms with van der Waals surface area (Å²) in [6.07, 6.45) is 11.7. The highest BCUT2D eigenvalue weighted by atomic mass is 16.5. The lowest BCUT2D eigenvalue weighted by molar-refractivity contribution is -0.00505. The van der Waals surface area contributed by atoms with E-state index in [4.69, 9.17) is 4.74 Å². The molecule has 2 aliphatic heterocycles. The summed E-state index contributed by atoms with van der Waals surface area (Å²) in [5.74, 6) is 0.957. The zero-order valence-electron chi connectivity index (χ0n) is 17.8. The number of nitrogens with zero attached hydrogens (tertiary/aromatic N) is 3. The van der Waals surface area contributed by atoms with Gasteiger partial charge in [-0.15, -0.1) is 0 Å². The van der Waals surface area contributed by atoms with E-state index >= 15 is 0 Å². The van der Waals surface area contributed by atoms with Gasteiger partial charge in [0.2, 0.25) is 0 Å². The molecule has 6 nitrogen and oxygen atoms in total. The maximum Gasteiger partial charge on any atom is 0.191 e. The van der Waals surface area contributed by atoms with Crippen LogP contribution in [0.5, 0.6) is 0 Å². The van der Waals surface area contributed by atoms with Crippen LogP contribution in [0.4, 0.5) is 0 Å². The zero-order chi connectivity index (χ0) is 19.1. The van der Waals surface area contributed by atoms with Gasteiger partial charge in [-0.3, -0.25) is 4.99 Å². The molecule has 0 unspecified atom stereocenters. The van der Waals surface area contributed by atoms with E-state index in [2.05, 4.69) is 39.5 Å². The minimum Gasteiger partial charge on any atom is -0.381 e. The fraction of sp³-hybridized carbons (Fsp3) is 0.952. The summed E-state index contributed by atoms with van der Waals surface area (Å²) in [5.41, 5.74) is 0.167. The van der Waals surface area contributed by atoms with Crippen molar-refractivity contribution in [1.82, 2.24) is 20.4 Å². The Balaban J connectivity index is 1.44. The third-order valence-corrected chi connectivity index (χ3v) is 7.14. The molecular formula is C21H41N5O. The highest BCUT2D eigenvalue weighted by Crippen LogP contribution is 2.26. The molecule has 1 aliphatic carbocycles. The Hall–Kier alpha value is -0.850. The number of guanidine groups is 1. The van der Waals surface area contributed by atoms with Crippen LogP contribution in [0.3, 0.4) is 0 Å². The smallest absolute Gasteiger partial charge is 0.191 e. The topological polar surface area (TPSA) is 52.1 Å². The SMILES string of the molecule is CN=C(NCC1(N(C)C)CCOCC1)NC1CCN(C2CCCCC2)CC1. The monoisotopic (exact) mass is 379 g/mol. The first-order valence-corrected chi connectivity index (χ1v) is 11.1. The van der Waals surface area contributed by atoms with Gasteiger partial charge >= 0.3 is 0 Å². The summed E-state index contributed by atoms with van der Waals surface area (Å²) in [4.78, 5) is 9.60. The van der Waals surface area contributed by atoms with Crippen LogP contribution < -0.4 is 10.6 Å². The summed E-state index contributed by atoms with van der Waals surface area (Å²) < 4.78 is 5.58. The molecule has 3 rings (SSSR count). The fourth-order valence-corrected chi connectivity index (χ4v) is 5.02. The Kier molecular flexibility index (Phi) is 7.79. The van der Waals surface area contributed by atoms with E-state index < -0.39 is 0 Å². The molecule has 0 aromatic rings. The van der Waals surface area contributed by atoms with E-state index in [9.17, 15) is 0 Å². The number of rotatable bonds is 5. The van der Waals surface area contributed by atoms with Crippen LogP contribution in [0.15, 0.2) is 4.99 Å². The van der Waals surface area contributed by atoms with Crippen molar-refractivity contribution in [2.24, 2.45) is 4.99 Å². The molecule has 1 saturated carbocycles. The first-order chi connectivity index (χ1) is 13.1. The van der Waals surface area contributed by atoms with Crippen LogP contribution in [0.25, 0.3) is 0 Å². The number of hydrogen-bond acceptors (Lipinski definition) is 4. The Morgan fingerprint density at radius 3 is 2.33 bits per heavy atom. The first kappa shape index (κ1) is 20.9. The van der Waals surface area contributed by atoms with Crippen molar-refractivity contribution < 1.29 is 4.74 Å². The van der Waals surface area contributed by atoms with E-state index in [0.29, 0.717) is 6.04 Å². The number of likely N-dealkylation sites (tertiary alicyclic amines) is 1. The highest BCUT2D eigenvalue weighted by molar-refractivity contribution is 5.80. The molecule has 3 aliphatic rings. The average molecular weight is 380 g/mol. The standard InChI is InChI=1S/C21H41N5O/c1-22-20(23-17-21(25(2)3)11-15-27-16-12-21)24-18-9-13-26(14-10-18)19-7-5-4-6-8-19/h18-19H,4-17H2,1-3H3,(H2,22,23,24). The second-order valence-corrected chi connectivity index (χ2v) is 8.90. The quantitative estimate of drug-likeness (QED) is 0.566. The number of hydrogen-bond donors (Lipinski definition) is 2. The van der Waals surface area contributed by atoms with Crippen LogP contribution in [0.1, 0.15) is 57.8 Å². The summed E-state index contributed by atoms with van der Waals surface area (Å²) >= 11 is 0. The molecule has 0 atom stereocenters. The molecule has 3 fully saturated rings. The number of ether oxygens (including phenoxy) is 1. The molecule has 0 spiro atoms. The molecule has 0 bridgehead atoms. The van der Waals surface area contributed by atoms with Gasteiger partial charge in [0.15, 0.2) is 5.96 Å². The molecule has 2 heterocycles. The van der Waals surface area contributed by atoms with Gasteiger partial charge in [0, 0.05) is 57.5 Å². The van der Waals surface area contributed by atoms with Crippen molar-refractivity contribution >= 4 is 5.96 Å². The Bertz CT molecular complexity index is 461. The van der Waals surface area contributed by atoms with Crippen molar-refractivity contribution in [2.45, 2.75) is 75.4 Å². The van der Waals surface area contributed by atoms with Gasteiger partial charge < -0.3 is 25.2 Å². The van der Waals surface area contributed by atoms with E-state index in [1.807, 2.05) is 7.05 Å². The second-order valence-electron chi connectivity index (χ2n) is 8.90. The minimum atomic E-state index is 0.167. The molecule has 2 saturated heterocycles. The Labute approximate surface area is 166 Å². The number of nitrogens with one attached hydrogen (secondary N) is 2. The zero-order valence-corrected chi connectivity index (χ0v) is 17.8. The van der Waals surface area contributed by atoms with Gasteiger partial charge in [-0.05, 0) is 52.6 Å². The third kappa shape index (κ3) is 5.58. The molecule has 0 radical (unpaired) electrons. The van der Waals surface area contributed by atoms with Gasteiger partial charge in [0.25, 0.3) is 0 Å². The summed E-state index contributed by atoms with van der Waals surface area (Å²) in [7, 11) is 6.26. The van der Waals surface area contributed by atoms with Crippen molar-refractivity contribution in [3.63, 3.8) is 0 Å². The van der Waals surface area contributed by atoms with Gasteiger partial charge in [-0.25, -0.2) is 0 Å². The van der Waals surface area contributed by atoms with E-state index in [-0.39, 0.29) is 5.54 Å². The molecule has 6 heteroatoms. The molecule has 0 amide bonds. The fourth-order valence-electron chi connectivity index (χ4n) is 5.02. The number of aliphatic imine (C=N–C) groups is 1. The molecule has 0 aromatic heterocycles. The summed E-state index contributed by atoms with van der Waals surface area (Å²) in [6.45, 7) is 5.09. The van der Waals surface area contributed by atoms with Crippen LogP contribution in [0, 0.1) is 0 Å². The number of likely N-dealkylation sites (N-methyl/N-ethyl adjacent to an activating group) is 1. The predicted octanol–water partition coefficient (Wildman–Crippen LogP) is 2.06. The lowest BCUT2D eigenvalue weighted by Crippen LogP contribution is -2.58. The average Bonchev–Trinajstić information content (AvgIpc) is 2.73. The van der Waals surface area contributed by atoms with Crippen LogP contribution in [-0.2, 0) is 4.74 Å². The van der Waals surface area contributed by atoms with Crippen molar-refractivity contribution in [2.75, 3.05) is 54.0 Å². The molecule has 2 N–H and O–H groups in total. The van der Waals surface area contributed by atoms with Crippen molar-refractivity contribution in [3.05, 3.63) is 0 Å². The van der Waals surface area contributed by atoms with Crippen molar-refractivity contribution in [1.29, 1.82) is 0 Å². The van der Waals surface area contributed by atoms with Gasteiger partial charge in [0.05, 0.1) is 0 Å². The molecular weight excluding hydrogens is 338 g/mol. The van der Waals surface area contributed by atoms with Crippen LogP contribution in [-0.4, -0.2) is 87.4 Å².